The maximum atomic E-state index is 11.4. The Bertz CT molecular complexity index is 572. The van der Waals surface area contributed by atoms with Crippen molar-refractivity contribution in [2.45, 2.75) is 52.5 Å². The normalized spacial score (nSPS) is 19.3. The van der Waals surface area contributed by atoms with Crippen molar-refractivity contribution in [2.24, 2.45) is 0 Å². The van der Waals surface area contributed by atoms with E-state index in [9.17, 15) is 14.4 Å². The zero-order valence-corrected chi connectivity index (χ0v) is 15.5. The van der Waals surface area contributed by atoms with Crippen LogP contribution in [0.5, 0.6) is 0 Å². The highest BCUT2D eigenvalue weighted by atomic mass is 16.6. The highest BCUT2D eigenvalue weighted by Crippen LogP contribution is 2.16. The SMILES string of the molecule is CC.CC(C)c1ccccc1.O=C1CCC(N2CCOC2=O)C(=O)N1. The molecule has 6 heteroatoms. The van der Waals surface area contributed by atoms with Crippen LogP contribution in [0.4, 0.5) is 4.79 Å². The minimum atomic E-state index is -0.539. The van der Waals surface area contributed by atoms with Crippen molar-refractivity contribution >= 4 is 17.9 Å². The molecule has 1 unspecified atom stereocenters. The fourth-order valence-corrected chi connectivity index (χ4v) is 2.51. The van der Waals surface area contributed by atoms with Crippen molar-refractivity contribution in [1.82, 2.24) is 10.2 Å². The van der Waals surface area contributed by atoms with Crippen LogP contribution in [0.25, 0.3) is 0 Å². The molecule has 2 heterocycles. The van der Waals surface area contributed by atoms with Gasteiger partial charge in [0.1, 0.15) is 12.6 Å². The molecule has 2 saturated heterocycles. The van der Waals surface area contributed by atoms with Gasteiger partial charge in [-0.25, -0.2) is 4.79 Å². The number of carbonyl (C=O) groups is 3. The molecule has 6 nitrogen and oxygen atoms in total. The lowest BCUT2D eigenvalue weighted by atomic mass is 10.0. The minimum absolute atomic E-state index is 0.278. The summed E-state index contributed by atoms with van der Waals surface area (Å²) in [7, 11) is 0. The number of carbonyl (C=O) groups excluding carboxylic acids is 3. The van der Waals surface area contributed by atoms with E-state index in [1.807, 2.05) is 19.9 Å². The Morgan fingerprint density at radius 2 is 1.76 bits per heavy atom. The van der Waals surface area contributed by atoms with Gasteiger partial charge in [-0.15, -0.1) is 0 Å². The second kappa shape index (κ2) is 10.5. The van der Waals surface area contributed by atoms with Crippen molar-refractivity contribution in [3.05, 3.63) is 35.9 Å². The number of benzene rings is 1. The second-order valence-corrected chi connectivity index (χ2v) is 5.84. The molecular formula is C19H28N2O4. The zero-order valence-electron chi connectivity index (χ0n) is 15.5. The van der Waals surface area contributed by atoms with Gasteiger partial charge in [0.05, 0.1) is 6.54 Å². The van der Waals surface area contributed by atoms with E-state index < -0.39 is 18.0 Å². The second-order valence-electron chi connectivity index (χ2n) is 5.84. The van der Waals surface area contributed by atoms with Crippen LogP contribution in [0.1, 0.15) is 52.0 Å². The van der Waals surface area contributed by atoms with E-state index in [1.54, 1.807) is 0 Å². The van der Waals surface area contributed by atoms with Crippen LogP contribution >= 0.6 is 0 Å². The Morgan fingerprint density at radius 1 is 1.12 bits per heavy atom. The zero-order chi connectivity index (χ0) is 18.8. The minimum Gasteiger partial charge on any atom is -0.448 e. The molecule has 1 N–H and O–H groups in total. The van der Waals surface area contributed by atoms with E-state index in [4.69, 9.17) is 4.74 Å². The standard InChI is InChI=1S/C9H12.C8H10N2O4.C2H6/c1-8(2)9-6-4-3-5-7-9;11-6-2-1-5(7(12)9-6)10-3-4-14-8(10)13;1-2/h3-8H,1-2H3;5H,1-4H2,(H,9,11,12);1-2H3. The number of ether oxygens (including phenoxy) is 1. The number of imide groups is 1. The summed E-state index contributed by atoms with van der Waals surface area (Å²) in [5, 5.41) is 2.20. The molecule has 3 rings (SSSR count). The van der Waals surface area contributed by atoms with Crippen LogP contribution < -0.4 is 5.32 Å². The van der Waals surface area contributed by atoms with Gasteiger partial charge in [0.2, 0.25) is 11.8 Å². The van der Waals surface area contributed by atoms with Crippen molar-refractivity contribution in [2.75, 3.05) is 13.2 Å². The number of amides is 3. The van der Waals surface area contributed by atoms with Crippen molar-refractivity contribution < 1.29 is 19.1 Å². The summed E-state index contributed by atoms with van der Waals surface area (Å²) in [6, 6.07) is 9.98. The number of piperidine rings is 1. The molecule has 0 bridgehead atoms. The first-order valence-electron chi connectivity index (χ1n) is 8.81. The van der Waals surface area contributed by atoms with Gasteiger partial charge in [0.25, 0.3) is 0 Å². The first-order chi connectivity index (χ1) is 12.0. The Kier molecular flexibility index (Phi) is 8.67. The fourth-order valence-electron chi connectivity index (χ4n) is 2.51. The summed E-state index contributed by atoms with van der Waals surface area (Å²) in [4.78, 5) is 34.7. The molecule has 3 amide bonds. The molecule has 0 radical (unpaired) electrons. The lowest BCUT2D eigenvalue weighted by Crippen LogP contribution is -2.52. The third kappa shape index (κ3) is 6.21. The molecule has 1 aromatic carbocycles. The average molecular weight is 348 g/mol. The summed E-state index contributed by atoms with van der Waals surface area (Å²) in [5.74, 6) is -0.0230. The van der Waals surface area contributed by atoms with Gasteiger partial charge in [0, 0.05) is 6.42 Å². The largest absolute Gasteiger partial charge is 0.448 e. The number of hydrogen-bond acceptors (Lipinski definition) is 4. The number of nitrogens with zero attached hydrogens (tertiary/aromatic N) is 1. The van der Waals surface area contributed by atoms with Crippen LogP contribution in [-0.2, 0) is 14.3 Å². The maximum Gasteiger partial charge on any atom is 0.410 e. The van der Waals surface area contributed by atoms with E-state index in [2.05, 4.69) is 43.4 Å². The molecule has 25 heavy (non-hydrogen) atoms. The topological polar surface area (TPSA) is 75.7 Å². The van der Waals surface area contributed by atoms with E-state index in [0.29, 0.717) is 25.5 Å². The van der Waals surface area contributed by atoms with Crippen LogP contribution in [0.2, 0.25) is 0 Å². The van der Waals surface area contributed by atoms with Gasteiger partial charge in [-0.1, -0.05) is 58.0 Å². The van der Waals surface area contributed by atoms with Crippen LogP contribution in [0.15, 0.2) is 30.3 Å². The Morgan fingerprint density at radius 3 is 2.20 bits per heavy atom. The van der Waals surface area contributed by atoms with Crippen LogP contribution in [-0.4, -0.2) is 42.0 Å². The quantitative estimate of drug-likeness (QED) is 0.834. The van der Waals surface area contributed by atoms with Crippen LogP contribution in [0, 0.1) is 0 Å². The van der Waals surface area contributed by atoms with Crippen molar-refractivity contribution in [3.8, 4) is 0 Å². The third-order valence-corrected chi connectivity index (χ3v) is 3.84. The molecule has 2 fully saturated rings. The molecule has 0 aromatic heterocycles. The monoisotopic (exact) mass is 348 g/mol. The molecule has 0 aliphatic carbocycles. The number of rotatable bonds is 2. The van der Waals surface area contributed by atoms with Gasteiger partial charge >= 0.3 is 6.09 Å². The third-order valence-electron chi connectivity index (χ3n) is 3.84. The van der Waals surface area contributed by atoms with Crippen molar-refractivity contribution in [1.29, 1.82) is 0 Å². The number of nitrogens with one attached hydrogen (secondary N) is 1. The molecule has 2 aliphatic rings. The molecule has 0 saturated carbocycles. The maximum absolute atomic E-state index is 11.4. The highest BCUT2D eigenvalue weighted by molar-refractivity contribution is 6.01. The molecule has 1 atom stereocenters. The van der Waals surface area contributed by atoms with E-state index in [1.165, 1.54) is 10.5 Å². The molecular weight excluding hydrogens is 320 g/mol. The Labute approximate surface area is 149 Å². The first kappa shape index (κ1) is 20.7. The van der Waals surface area contributed by atoms with E-state index in [0.717, 1.165) is 0 Å². The molecule has 2 aliphatic heterocycles. The number of hydrogen-bond donors (Lipinski definition) is 1. The van der Waals surface area contributed by atoms with Gasteiger partial charge in [-0.2, -0.15) is 0 Å². The van der Waals surface area contributed by atoms with Gasteiger partial charge in [-0.3, -0.25) is 19.8 Å². The number of cyclic esters (lactones) is 1. The van der Waals surface area contributed by atoms with E-state index in [-0.39, 0.29) is 12.3 Å². The van der Waals surface area contributed by atoms with Gasteiger partial charge in [0.15, 0.2) is 0 Å². The average Bonchev–Trinajstić information content (AvgIpc) is 3.04. The van der Waals surface area contributed by atoms with Gasteiger partial charge < -0.3 is 4.74 Å². The lowest BCUT2D eigenvalue weighted by Gasteiger charge is -2.27. The summed E-state index contributed by atoms with van der Waals surface area (Å²) >= 11 is 0. The summed E-state index contributed by atoms with van der Waals surface area (Å²) < 4.78 is 4.72. The lowest BCUT2D eigenvalue weighted by molar-refractivity contribution is -0.136. The predicted molar refractivity (Wildman–Crippen MR) is 96.1 cm³/mol. The predicted octanol–water partition coefficient (Wildman–Crippen LogP) is 3.08. The first-order valence-corrected chi connectivity index (χ1v) is 8.81. The summed E-state index contributed by atoms with van der Waals surface area (Å²) in [5.41, 5.74) is 1.41. The fraction of sp³-hybridized carbons (Fsp3) is 0.526. The van der Waals surface area contributed by atoms with E-state index >= 15 is 0 Å². The molecule has 138 valence electrons. The summed E-state index contributed by atoms with van der Waals surface area (Å²) in [6.45, 7) is 9.15. The smallest absolute Gasteiger partial charge is 0.410 e. The summed E-state index contributed by atoms with van der Waals surface area (Å²) in [6.07, 6.45) is 0.194. The van der Waals surface area contributed by atoms with Gasteiger partial charge in [-0.05, 0) is 17.9 Å². The Hall–Kier alpha value is -2.37. The van der Waals surface area contributed by atoms with Crippen molar-refractivity contribution in [3.63, 3.8) is 0 Å². The molecule has 1 aromatic rings. The van der Waals surface area contributed by atoms with Crippen LogP contribution in [0.3, 0.4) is 0 Å². The Balaban J connectivity index is 0.000000246. The molecule has 0 spiro atoms. The highest BCUT2D eigenvalue weighted by Gasteiger charge is 2.37.